The van der Waals surface area contributed by atoms with E-state index in [0.717, 1.165) is 36.7 Å². The molecule has 0 fully saturated rings. The molecule has 0 atom stereocenters. The SMILES string of the molecule is COc1ccc(Sc2ccc(-c3cnn4c(=O)[nH]cnc34)cc2C)cc1Br. The molecule has 0 spiro atoms. The van der Waals surface area contributed by atoms with Gasteiger partial charge in [0.1, 0.15) is 5.75 Å². The number of aromatic amines is 1. The summed E-state index contributed by atoms with van der Waals surface area (Å²) in [5, 5.41) is 4.13. The molecule has 2 heterocycles. The van der Waals surface area contributed by atoms with Gasteiger partial charge in [-0.05, 0) is 58.2 Å². The van der Waals surface area contributed by atoms with Gasteiger partial charge in [-0.25, -0.2) is 9.78 Å². The Morgan fingerprint density at radius 2 is 2.07 bits per heavy atom. The van der Waals surface area contributed by atoms with Crippen LogP contribution in [-0.4, -0.2) is 26.7 Å². The van der Waals surface area contributed by atoms with E-state index in [1.807, 2.05) is 24.3 Å². The van der Waals surface area contributed by atoms with Gasteiger partial charge in [0.15, 0.2) is 5.65 Å². The zero-order chi connectivity index (χ0) is 19.0. The van der Waals surface area contributed by atoms with Crippen molar-refractivity contribution in [1.29, 1.82) is 0 Å². The van der Waals surface area contributed by atoms with E-state index in [9.17, 15) is 4.79 Å². The molecular formula is C19H15BrN4O2S. The molecule has 0 amide bonds. The molecule has 2 aromatic carbocycles. The van der Waals surface area contributed by atoms with Crippen LogP contribution in [0.25, 0.3) is 16.8 Å². The van der Waals surface area contributed by atoms with E-state index >= 15 is 0 Å². The van der Waals surface area contributed by atoms with Gasteiger partial charge < -0.3 is 4.74 Å². The number of aryl methyl sites for hydroxylation is 1. The third-order valence-electron chi connectivity index (χ3n) is 4.15. The summed E-state index contributed by atoms with van der Waals surface area (Å²) in [4.78, 5) is 20.8. The Hall–Kier alpha value is -2.58. The van der Waals surface area contributed by atoms with Crippen LogP contribution in [0.4, 0.5) is 0 Å². The van der Waals surface area contributed by atoms with Gasteiger partial charge >= 0.3 is 5.69 Å². The topological polar surface area (TPSA) is 72.3 Å². The van der Waals surface area contributed by atoms with E-state index in [4.69, 9.17) is 4.74 Å². The summed E-state index contributed by atoms with van der Waals surface area (Å²) in [5.41, 5.74) is 3.17. The first-order chi connectivity index (χ1) is 13.1. The maximum Gasteiger partial charge on any atom is 0.349 e. The van der Waals surface area contributed by atoms with Crippen molar-refractivity contribution >= 4 is 33.3 Å². The minimum absolute atomic E-state index is 0.305. The summed E-state index contributed by atoms with van der Waals surface area (Å²) in [6.07, 6.45) is 3.06. The minimum Gasteiger partial charge on any atom is -0.496 e. The zero-order valence-electron chi connectivity index (χ0n) is 14.6. The predicted octanol–water partition coefficient (Wildman–Crippen LogP) is 4.32. The van der Waals surface area contributed by atoms with Crippen LogP contribution in [0.3, 0.4) is 0 Å². The lowest BCUT2D eigenvalue weighted by atomic mass is 10.1. The van der Waals surface area contributed by atoms with Crippen LogP contribution in [0.2, 0.25) is 0 Å². The molecule has 4 aromatic rings. The van der Waals surface area contributed by atoms with Crippen molar-refractivity contribution in [2.75, 3.05) is 7.11 Å². The molecule has 0 saturated carbocycles. The number of hydrogen-bond donors (Lipinski definition) is 1. The van der Waals surface area contributed by atoms with E-state index in [1.54, 1.807) is 25.1 Å². The Kier molecular flexibility index (Phi) is 4.75. The number of nitrogens with one attached hydrogen (secondary N) is 1. The normalized spacial score (nSPS) is 11.1. The largest absolute Gasteiger partial charge is 0.496 e. The van der Waals surface area contributed by atoms with Gasteiger partial charge in [-0.3, -0.25) is 4.98 Å². The molecule has 2 aromatic heterocycles. The van der Waals surface area contributed by atoms with E-state index in [0.29, 0.717) is 5.65 Å². The predicted molar refractivity (Wildman–Crippen MR) is 109 cm³/mol. The summed E-state index contributed by atoms with van der Waals surface area (Å²) in [7, 11) is 1.65. The smallest absolute Gasteiger partial charge is 0.349 e. The summed E-state index contributed by atoms with van der Waals surface area (Å²) in [6, 6.07) is 12.2. The first kappa shape index (κ1) is 17.8. The van der Waals surface area contributed by atoms with E-state index in [-0.39, 0.29) is 5.69 Å². The van der Waals surface area contributed by atoms with Gasteiger partial charge in [-0.15, -0.1) is 0 Å². The maximum absolute atomic E-state index is 11.8. The second-order valence-electron chi connectivity index (χ2n) is 5.88. The molecular weight excluding hydrogens is 428 g/mol. The first-order valence-electron chi connectivity index (χ1n) is 8.10. The molecule has 27 heavy (non-hydrogen) atoms. The van der Waals surface area contributed by atoms with Crippen LogP contribution in [0.15, 0.2) is 68.0 Å². The molecule has 0 aliphatic heterocycles. The van der Waals surface area contributed by atoms with Crippen molar-refractivity contribution in [1.82, 2.24) is 19.6 Å². The Morgan fingerprint density at radius 3 is 2.81 bits per heavy atom. The molecule has 0 bridgehead atoms. The summed E-state index contributed by atoms with van der Waals surface area (Å²) in [6.45, 7) is 2.07. The van der Waals surface area contributed by atoms with Crippen LogP contribution in [0.5, 0.6) is 5.75 Å². The highest BCUT2D eigenvalue weighted by molar-refractivity contribution is 9.10. The van der Waals surface area contributed by atoms with E-state index < -0.39 is 0 Å². The zero-order valence-corrected chi connectivity index (χ0v) is 17.0. The van der Waals surface area contributed by atoms with Crippen LogP contribution >= 0.6 is 27.7 Å². The highest BCUT2D eigenvalue weighted by Gasteiger charge is 2.12. The number of hydrogen-bond acceptors (Lipinski definition) is 5. The number of benzene rings is 2. The minimum atomic E-state index is -0.305. The fourth-order valence-corrected chi connectivity index (χ4v) is 4.41. The molecule has 4 rings (SSSR count). The van der Waals surface area contributed by atoms with Gasteiger partial charge in [0.25, 0.3) is 0 Å². The van der Waals surface area contributed by atoms with Crippen molar-refractivity contribution in [3.63, 3.8) is 0 Å². The fourth-order valence-electron chi connectivity index (χ4n) is 2.80. The van der Waals surface area contributed by atoms with Gasteiger partial charge in [0.2, 0.25) is 0 Å². The number of fused-ring (bicyclic) bond motifs is 1. The average Bonchev–Trinajstić information content (AvgIpc) is 3.09. The molecule has 6 nitrogen and oxygen atoms in total. The molecule has 1 N–H and O–H groups in total. The second-order valence-corrected chi connectivity index (χ2v) is 7.85. The highest BCUT2D eigenvalue weighted by Crippen LogP contribution is 2.36. The number of rotatable bonds is 4. The number of ether oxygens (including phenoxy) is 1. The third kappa shape index (κ3) is 3.38. The maximum atomic E-state index is 11.8. The van der Waals surface area contributed by atoms with Crippen molar-refractivity contribution in [3.8, 4) is 16.9 Å². The highest BCUT2D eigenvalue weighted by atomic mass is 79.9. The number of halogens is 1. The first-order valence-corrected chi connectivity index (χ1v) is 9.71. The van der Waals surface area contributed by atoms with E-state index in [2.05, 4.69) is 50.1 Å². The Morgan fingerprint density at radius 1 is 1.22 bits per heavy atom. The third-order valence-corrected chi connectivity index (χ3v) is 5.94. The molecule has 0 aliphatic rings. The Labute approximate surface area is 167 Å². The lowest BCUT2D eigenvalue weighted by Crippen LogP contribution is -2.17. The van der Waals surface area contributed by atoms with Crippen molar-refractivity contribution in [2.24, 2.45) is 0 Å². The molecule has 136 valence electrons. The van der Waals surface area contributed by atoms with Crippen LogP contribution in [0, 0.1) is 6.92 Å². The van der Waals surface area contributed by atoms with Gasteiger partial charge in [0, 0.05) is 15.4 Å². The molecule has 0 saturated heterocycles. The van der Waals surface area contributed by atoms with Crippen LogP contribution in [0.1, 0.15) is 5.56 Å². The molecule has 0 unspecified atom stereocenters. The second kappa shape index (κ2) is 7.21. The summed E-state index contributed by atoms with van der Waals surface area (Å²) in [5.74, 6) is 0.807. The lowest BCUT2D eigenvalue weighted by molar-refractivity contribution is 0.412. The molecule has 8 heteroatoms. The number of H-pyrrole nitrogens is 1. The lowest BCUT2D eigenvalue weighted by Gasteiger charge is -2.09. The monoisotopic (exact) mass is 442 g/mol. The van der Waals surface area contributed by atoms with Crippen molar-refractivity contribution < 1.29 is 4.74 Å². The number of methoxy groups -OCH3 is 1. The van der Waals surface area contributed by atoms with Crippen LogP contribution < -0.4 is 10.4 Å². The number of nitrogens with zero attached hydrogens (tertiary/aromatic N) is 3. The summed E-state index contributed by atoms with van der Waals surface area (Å²) < 4.78 is 7.47. The fraction of sp³-hybridized carbons (Fsp3) is 0.105. The average molecular weight is 443 g/mol. The standard InChI is InChI=1S/C19H15BrN4O2S/c1-11-7-12(14-9-23-24-18(14)21-10-22-19(24)25)3-6-17(11)27-13-4-5-16(26-2)15(20)8-13/h3-10H,1-2H3,(H,21,22,25). The summed E-state index contributed by atoms with van der Waals surface area (Å²) >= 11 is 5.21. The van der Waals surface area contributed by atoms with Gasteiger partial charge in [-0.1, -0.05) is 23.9 Å². The van der Waals surface area contributed by atoms with Gasteiger partial charge in [0.05, 0.1) is 24.1 Å². The van der Waals surface area contributed by atoms with Crippen molar-refractivity contribution in [2.45, 2.75) is 16.7 Å². The Balaban J connectivity index is 1.67. The number of aromatic nitrogens is 4. The van der Waals surface area contributed by atoms with Crippen molar-refractivity contribution in [3.05, 3.63) is 69.4 Å². The van der Waals surface area contributed by atoms with E-state index in [1.165, 1.54) is 10.8 Å². The molecule has 0 aliphatic carbocycles. The molecule has 0 radical (unpaired) electrons. The van der Waals surface area contributed by atoms with Gasteiger partial charge in [-0.2, -0.15) is 9.61 Å². The van der Waals surface area contributed by atoms with Crippen LogP contribution in [-0.2, 0) is 0 Å². The quantitative estimate of drug-likeness (QED) is 0.509. The Bertz CT molecular complexity index is 1200.